The van der Waals surface area contributed by atoms with Crippen LogP contribution in [0.1, 0.15) is 23.4 Å². The first-order valence-corrected chi connectivity index (χ1v) is 10.5. The standard InChI is InChI=1S/C21H21ClF3N5O2/c1-12-9-13(2)27-20(26-12)29-7-5-28(6-8-29)17-11-18(31)30(19(17)32)14-3-4-16(22)15(10-14)21(23,24)25/h3-4,9-10,17H,5-8,11H2,1-2H3/t17-/m1/s1. The van der Waals surface area contributed by atoms with E-state index in [4.69, 9.17) is 11.6 Å². The number of anilines is 2. The van der Waals surface area contributed by atoms with Crippen LogP contribution in [0.3, 0.4) is 0 Å². The molecule has 1 aromatic heterocycles. The van der Waals surface area contributed by atoms with E-state index in [1.54, 1.807) is 0 Å². The number of hydrogen-bond donors (Lipinski definition) is 0. The largest absolute Gasteiger partial charge is 0.417 e. The van der Waals surface area contributed by atoms with Gasteiger partial charge in [-0.15, -0.1) is 0 Å². The van der Waals surface area contributed by atoms with Crippen LogP contribution in [-0.2, 0) is 15.8 Å². The Morgan fingerprint density at radius 3 is 2.22 bits per heavy atom. The van der Waals surface area contributed by atoms with Gasteiger partial charge >= 0.3 is 6.18 Å². The molecule has 2 aliphatic rings. The first-order valence-electron chi connectivity index (χ1n) is 10.1. The molecular formula is C21H21ClF3N5O2. The predicted molar refractivity (Wildman–Crippen MR) is 113 cm³/mol. The van der Waals surface area contributed by atoms with E-state index in [0.29, 0.717) is 32.1 Å². The molecule has 2 aliphatic heterocycles. The number of nitrogens with zero attached hydrogens (tertiary/aromatic N) is 5. The van der Waals surface area contributed by atoms with Crippen molar-refractivity contribution in [1.82, 2.24) is 14.9 Å². The molecule has 170 valence electrons. The van der Waals surface area contributed by atoms with E-state index in [2.05, 4.69) is 9.97 Å². The molecule has 2 saturated heterocycles. The maximum absolute atomic E-state index is 13.2. The quantitative estimate of drug-likeness (QED) is 0.646. The number of aryl methyl sites for hydroxylation is 2. The average molecular weight is 468 g/mol. The summed E-state index contributed by atoms with van der Waals surface area (Å²) in [6.45, 7) is 5.93. The molecule has 0 radical (unpaired) electrons. The third-order valence-electron chi connectivity index (χ3n) is 5.64. The number of aromatic nitrogens is 2. The van der Waals surface area contributed by atoms with Crippen molar-refractivity contribution in [1.29, 1.82) is 0 Å². The maximum atomic E-state index is 13.2. The lowest BCUT2D eigenvalue weighted by atomic mass is 10.1. The molecule has 4 rings (SSSR count). The highest BCUT2D eigenvalue weighted by Gasteiger charge is 2.44. The molecule has 1 atom stereocenters. The summed E-state index contributed by atoms with van der Waals surface area (Å²) in [5, 5.41) is -0.485. The van der Waals surface area contributed by atoms with E-state index in [-0.39, 0.29) is 12.1 Å². The van der Waals surface area contributed by atoms with Crippen molar-refractivity contribution in [3.63, 3.8) is 0 Å². The van der Waals surface area contributed by atoms with Crippen molar-refractivity contribution in [3.8, 4) is 0 Å². The first kappa shape index (κ1) is 22.5. The second-order valence-electron chi connectivity index (χ2n) is 7.92. The summed E-state index contributed by atoms with van der Waals surface area (Å²) in [7, 11) is 0. The summed E-state index contributed by atoms with van der Waals surface area (Å²) < 4.78 is 39.6. The lowest BCUT2D eigenvalue weighted by molar-refractivity contribution is -0.137. The lowest BCUT2D eigenvalue weighted by Crippen LogP contribution is -2.53. The highest BCUT2D eigenvalue weighted by Crippen LogP contribution is 2.38. The molecule has 2 fully saturated rings. The number of benzene rings is 1. The van der Waals surface area contributed by atoms with E-state index in [0.717, 1.165) is 28.4 Å². The Morgan fingerprint density at radius 2 is 1.62 bits per heavy atom. The summed E-state index contributed by atoms with van der Waals surface area (Å²) in [5.74, 6) is -0.435. The molecule has 0 N–H and O–H groups in total. The fourth-order valence-corrected chi connectivity index (χ4v) is 4.35. The van der Waals surface area contributed by atoms with Crippen molar-refractivity contribution in [2.24, 2.45) is 0 Å². The van der Waals surface area contributed by atoms with Gasteiger partial charge in [0, 0.05) is 37.6 Å². The fraction of sp³-hybridized carbons (Fsp3) is 0.429. The number of hydrogen-bond acceptors (Lipinski definition) is 6. The third-order valence-corrected chi connectivity index (χ3v) is 5.97. The molecule has 0 unspecified atom stereocenters. The van der Waals surface area contributed by atoms with Gasteiger partial charge in [-0.3, -0.25) is 14.5 Å². The van der Waals surface area contributed by atoms with Gasteiger partial charge in [0.1, 0.15) is 0 Å². The van der Waals surface area contributed by atoms with E-state index in [9.17, 15) is 22.8 Å². The van der Waals surface area contributed by atoms with Gasteiger partial charge in [0.05, 0.1) is 28.7 Å². The van der Waals surface area contributed by atoms with Crippen molar-refractivity contribution in [2.75, 3.05) is 36.0 Å². The van der Waals surface area contributed by atoms with Gasteiger partial charge in [-0.25, -0.2) is 14.9 Å². The van der Waals surface area contributed by atoms with Crippen LogP contribution in [-0.4, -0.2) is 58.9 Å². The Balaban J connectivity index is 1.48. The SMILES string of the molecule is Cc1cc(C)nc(N2CCN([C@@H]3CC(=O)N(c4ccc(Cl)c(C(F)(F)F)c4)C3=O)CC2)n1. The van der Waals surface area contributed by atoms with E-state index >= 15 is 0 Å². The minimum absolute atomic E-state index is 0.0805. The van der Waals surface area contributed by atoms with Crippen LogP contribution in [0.4, 0.5) is 24.8 Å². The molecule has 0 spiro atoms. The van der Waals surface area contributed by atoms with Gasteiger partial charge in [0.25, 0.3) is 5.91 Å². The van der Waals surface area contributed by atoms with Gasteiger partial charge in [-0.2, -0.15) is 13.2 Å². The molecule has 2 aromatic rings. The number of imide groups is 1. The highest BCUT2D eigenvalue weighted by atomic mass is 35.5. The molecule has 0 aliphatic carbocycles. The Labute approximate surface area is 187 Å². The number of alkyl halides is 3. The van der Waals surface area contributed by atoms with E-state index < -0.39 is 34.6 Å². The molecule has 11 heteroatoms. The summed E-state index contributed by atoms with van der Waals surface area (Å²) in [6, 6.07) is 4.23. The number of rotatable bonds is 3. The topological polar surface area (TPSA) is 69.6 Å². The third kappa shape index (κ3) is 4.29. The second kappa shape index (κ2) is 8.32. The van der Waals surface area contributed by atoms with E-state index in [1.807, 2.05) is 29.7 Å². The van der Waals surface area contributed by atoms with Crippen LogP contribution >= 0.6 is 11.6 Å². The average Bonchev–Trinajstić information content (AvgIpc) is 3.01. The Hall–Kier alpha value is -2.72. The van der Waals surface area contributed by atoms with Crippen molar-refractivity contribution < 1.29 is 22.8 Å². The molecule has 32 heavy (non-hydrogen) atoms. The first-order chi connectivity index (χ1) is 15.0. The molecule has 0 bridgehead atoms. The summed E-state index contributed by atoms with van der Waals surface area (Å²) >= 11 is 5.66. The Kier molecular flexibility index (Phi) is 5.85. The molecule has 1 aromatic carbocycles. The zero-order chi connectivity index (χ0) is 23.2. The number of carbonyl (C=O) groups is 2. The number of piperazine rings is 1. The van der Waals surface area contributed by atoms with Crippen LogP contribution in [0, 0.1) is 13.8 Å². The van der Waals surface area contributed by atoms with Crippen molar-refractivity contribution in [2.45, 2.75) is 32.5 Å². The van der Waals surface area contributed by atoms with Crippen LogP contribution < -0.4 is 9.80 Å². The molecule has 7 nitrogen and oxygen atoms in total. The number of carbonyl (C=O) groups excluding carboxylic acids is 2. The highest BCUT2D eigenvalue weighted by molar-refractivity contribution is 6.31. The van der Waals surface area contributed by atoms with Gasteiger partial charge in [0.15, 0.2) is 0 Å². The van der Waals surface area contributed by atoms with Crippen LogP contribution in [0.2, 0.25) is 5.02 Å². The van der Waals surface area contributed by atoms with Gasteiger partial charge < -0.3 is 4.90 Å². The smallest absolute Gasteiger partial charge is 0.338 e. The normalized spacial score (nSPS) is 20.4. The molecule has 3 heterocycles. The second-order valence-corrected chi connectivity index (χ2v) is 8.33. The van der Waals surface area contributed by atoms with Crippen LogP contribution in [0.15, 0.2) is 24.3 Å². The monoisotopic (exact) mass is 467 g/mol. The predicted octanol–water partition coefficient (Wildman–Crippen LogP) is 3.22. The maximum Gasteiger partial charge on any atom is 0.417 e. The van der Waals surface area contributed by atoms with Crippen molar-refractivity contribution >= 4 is 35.1 Å². The zero-order valence-electron chi connectivity index (χ0n) is 17.5. The Bertz CT molecular complexity index is 1050. The molecular weight excluding hydrogens is 447 g/mol. The van der Waals surface area contributed by atoms with Crippen LogP contribution in [0.25, 0.3) is 0 Å². The van der Waals surface area contributed by atoms with E-state index in [1.165, 1.54) is 6.07 Å². The summed E-state index contributed by atoms with van der Waals surface area (Å²) in [6.07, 6.45) is -4.77. The van der Waals surface area contributed by atoms with Gasteiger partial charge in [0.2, 0.25) is 11.9 Å². The zero-order valence-corrected chi connectivity index (χ0v) is 18.2. The minimum atomic E-state index is -4.69. The van der Waals surface area contributed by atoms with Gasteiger partial charge in [-0.05, 0) is 38.1 Å². The lowest BCUT2D eigenvalue weighted by Gasteiger charge is -2.37. The molecule has 2 amide bonds. The number of halogens is 4. The van der Waals surface area contributed by atoms with Crippen LogP contribution in [0.5, 0.6) is 0 Å². The summed E-state index contributed by atoms with van der Waals surface area (Å²) in [4.78, 5) is 39.2. The Morgan fingerprint density at radius 1 is 1.00 bits per heavy atom. The fourth-order valence-electron chi connectivity index (χ4n) is 4.12. The van der Waals surface area contributed by atoms with Gasteiger partial charge in [-0.1, -0.05) is 11.6 Å². The van der Waals surface area contributed by atoms with Crippen molar-refractivity contribution in [3.05, 3.63) is 46.2 Å². The molecule has 0 saturated carbocycles. The number of amides is 2. The minimum Gasteiger partial charge on any atom is -0.338 e. The summed E-state index contributed by atoms with van der Waals surface area (Å²) in [5.41, 5.74) is 0.524.